The molecule has 0 N–H and O–H groups in total. The maximum absolute atomic E-state index is 2.43. The molecule has 0 spiro atoms. The molecule has 0 radical (unpaired) electrons. The van der Waals surface area contributed by atoms with E-state index in [1.54, 1.807) is 0 Å². The molecule has 0 fully saturated rings. The number of fused-ring (bicyclic) bond motifs is 4. The maximum atomic E-state index is 2.43. The van der Waals surface area contributed by atoms with Crippen LogP contribution in [0.5, 0.6) is 0 Å². The quantitative estimate of drug-likeness (QED) is 0.253. The van der Waals surface area contributed by atoms with E-state index in [9.17, 15) is 0 Å². The van der Waals surface area contributed by atoms with Gasteiger partial charge in [-0.05, 0) is 42.8 Å². The Morgan fingerprint density at radius 2 is 1.13 bits per heavy atom. The summed E-state index contributed by atoms with van der Waals surface area (Å²) in [6.45, 7) is 2.19. The van der Waals surface area contributed by atoms with Crippen molar-refractivity contribution < 1.29 is 9.13 Å². The predicted octanol–water partition coefficient (Wildman–Crippen LogP) is 5.71. The molecular weight excluding hydrogens is 364 g/mol. The minimum absolute atomic E-state index is 1.21. The van der Waals surface area contributed by atoms with E-state index in [1.165, 1.54) is 54.9 Å². The second-order valence-electron chi connectivity index (χ2n) is 8.02. The van der Waals surface area contributed by atoms with Gasteiger partial charge < -0.3 is 0 Å². The molecule has 0 amide bonds. The molecule has 0 saturated carbocycles. The molecule has 0 saturated heterocycles. The average Bonchev–Trinajstić information content (AvgIpc) is 2.78. The van der Waals surface area contributed by atoms with Crippen LogP contribution in [-0.2, 0) is 7.05 Å². The molecule has 142 valence electrons. The van der Waals surface area contributed by atoms with Crippen molar-refractivity contribution in [3.63, 3.8) is 0 Å². The summed E-state index contributed by atoms with van der Waals surface area (Å²) in [6, 6.07) is 35.1. The zero-order valence-electron chi connectivity index (χ0n) is 17.1. The van der Waals surface area contributed by atoms with Crippen molar-refractivity contribution in [3.8, 4) is 5.69 Å². The molecule has 0 unspecified atom stereocenters. The largest absolute Gasteiger partial charge is 0.225 e. The minimum Gasteiger partial charge on any atom is -0.194 e. The number of aryl methyl sites for hydroxylation is 2. The van der Waals surface area contributed by atoms with Gasteiger partial charge in [0.05, 0.1) is 5.39 Å². The lowest BCUT2D eigenvalue weighted by Crippen LogP contribution is -2.35. The van der Waals surface area contributed by atoms with Crippen LogP contribution in [0, 0.1) is 6.92 Å². The number of nitrogens with zero attached hydrogens (tertiary/aromatic N) is 2. The predicted molar refractivity (Wildman–Crippen MR) is 124 cm³/mol. The van der Waals surface area contributed by atoms with Crippen molar-refractivity contribution in [1.29, 1.82) is 0 Å². The highest BCUT2D eigenvalue weighted by Gasteiger charge is 2.24. The van der Waals surface area contributed by atoms with Crippen LogP contribution < -0.4 is 9.13 Å². The number of rotatable bonds is 1. The van der Waals surface area contributed by atoms with Gasteiger partial charge in [-0.25, -0.2) is 0 Å². The molecule has 0 bridgehead atoms. The number of hydrogen-bond donors (Lipinski definition) is 0. The van der Waals surface area contributed by atoms with Crippen molar-refractivity contribution in [3.05, 3.63) is 103 Å². The van der Waals surface area contributed by atoms with E-state index in [-0.39, 0.29) is 0 Å². The fourth-order valence-corrected chi connectivity index (χ4v) is 4.78. The van der Waals surface area contributed by atoms with Crippen LogP contribution in [0.15, 0.2) is 97.1 Å². The Kier molecular flexibility index (Phi) is 3.63. The van der Waals surface area contributed by atoms with Crippen LogP contribution in [0.2, 0.25) is 0 Å². The highest BCUT2D eigenvalue weighted by Crippen LogP contribution is 2.27. The van der Waals surface area contributed by atoms with E-state index in [0.29, 0.717) is 0 Å². The Morgan fingerprint density at radius 3 is 1.97 bits per heavy atom. The summed E-state index contributed by atoms with van der Waals surface area (Å²) in [5, 5.41) is 5.05. The molecule has 0 aliphatic heterocycles. The SMILES string of the molecule is Cc1cccc2c1cc1ccccc1[n+]2-c1cccc2c1cc1ccccc1[n+]2C. The molecule has 4 aromatic carbocycles. The fraction of sp³-hybridized carbons (Fsp3) is 0.0714. The van der Waals surface area contributed by atoms with Gasteiger partial charge in [0.25, 0.3) is 0 Å². The lowest BCUT2D eigenvalue weighted by Gasteiger charge is -2.09. The molecule has 2 heterocycles. The molecular formula is C28H22N2+2. The van der Waals surface area contributed by atoms with Crippen molar-refractivity contribution in [1.82, 2.24) is 0 Å². The first-order valence-electron chi connectivity index (χ1n) is 10.4. The van der Waals surface area contributed by atoms with Crippen molar-refractivity contribution in [2.24, 2.45) is 7.05 Å². The zero-order chi connectivity index (χ0) is 20.2. The lowest BCUT2D eigenvalue weighted by molar-refractivity contribution is -0.618. The number of benzene rings is 4. The van der Waals surface area contributed by atoms with E-state index in [0.717, 1.165) is 0 Å². The Bertz CT molecular complexity index is 1610. The molecule has 0 aliphatic rings. The van der Waals surface area contributed by atoms with Gasteiger partial charge in [0.2, 0.25) is 27.8 Å². The van der Waals surface area contributed by atoms with Crippen molar-refractivity contribution in [2.45, 2.75) is 6.92 Å². The van der Waals surface area contributed by atoms with Crippen molar-refractivity contribution >= 4 is 43.6 Å². The van der Waals surface area contributed by atoms with Gasteiger partial charge in [0.15, 0.2) is 0 Å². The van der Waals surface area contributed by atoms with Gasteiger partial charge >= 0.3 is 0 Å². The van der Waals surface area contributed by atoms with Gasteiger partial charge in [-0.1, -0.05) is 36.4 Å². The van der Waals surface area contributed by atoms with Crippen LogP contribution in [0.4, 0.5) is 0 Å². The van der Waals surface area contributed by atoms with Gasteiger partial charge in [0.1, 0.15) is 12.4 Å². The minimum atomic E-state index is 1.21. The summed E-state index contributed by atoms with van der Waals surface area (Å²) in [5.74, 6) is 0. The maximum Gasteiger partial charge on any atom is 0.225 e. The summed E-state index contributed by atoms with van der Waals surface area (Å²) < 4.78 is 4.72. The van der Waals surface area contributed by atoms with E-state index in [1.807, 2.05) is 0 Å². The monoisotopic (exact) mass is 386 g/mol. The third-order valence-corrected chi connectivity index (χ3v) is 6.28. The Morgan fingerprint density at radius 1 is 0.533 bits per heavy atom. The highest BCUT2D eigenvalue weighted by molar-refractivity contribution is 5.95. The zero-order valence-corrected chi connectivity index (χ0v) is 17.1. The molecule has 2 heteroatoms. The number of para-hydroxylation sites is 2. The smallest absolute Gasteiger partial charge is 0.194 e. The van der Waals surface area contributed by atoms with Gasteiger partial charge in [0, 0.05) is 41.1 Å². The van der Waals surface area contributed by atoms with Crippen LogP contribution in [0.1, 0.15) is 5.56 Å². The summed E-state index contributed by atoms with van der Waals surface area (Å²) in [5.41, 5.74) is 7.43. The third-order valence-electron chi connectivity index (χ3n) is 6.28. The highest BCUT2D eigenvalue weighted by atomic mass is 15.0. The van der Waals surface area contributed by atoms with E-state index in [4.69, 9.17) is 0 Å². The van der Waals surface area contributed by atoms with Crippen LogP contribution in [0.25, 0.3) is 49.3 Å². The van der Waals surface area contributed by atoms with Gasteiger partial charge in [-0.3, -0.25) is 0 Å². The van der Waals surface area contributed by atoms with Crippen LogP contribution >= 0.6 is 0 Å². The fourth-order valence-electron chi connectivity index (χ4n) is 4.78. The molecule has 0 atom stereocenters. The normalized spacial score (nSPS) is 11.7. The summed E-state index contributed by atoms with van der Waals surface area (Å²) in [4.78, 5) is 0. The average molecular weight is 386 g/mol. The van der Waals surface area contributed by atoms with Crippen LogP contribution in [-0.4, -0.2) is 0 Å². The molecule has 6 aromatic rings. The number of pyridine rings is 2. The van der Waals surface area contributed by atoms with Gasteiger partial charge in [-0.2, -0.15) is 9.13 Å². The standard InChI is InChI=1S/C28H22N2/c1-19-9-7-15-27-22(19)17-21-11-4-6-13-25(21)30(27)28-16-8-14-26-23(28)18-20-10-3-5-12-24(20)29(26)2/h3-18H,1-2H3/q+2. The summed E-state index contributed by atoms with van der Waals surface area (Å²) in [7, 11) is 2.16. The topological polar surface area (TPSA) is 7.76 Å². The lowest BCUT2D eigenvalue weighted by atomic mass is 10.0. The molecule has 2 aromatic heterocycles. The van der Waals surface area contributed by atoms with Crippen molar-refractivity contribution in [2.75, 3.05) is 0 Å². The summed E-state index contributed by atoms with van der Waals surface area (Å²) >= 11 is 0. The number of hydrogen-bond acceptors (Lipinski definition) is 0. The summed E-state index contributed by atoms with van der Waals surface area (Å²) in [6.07, 6.45) is 0. The first kappa shape index (κ1) is 17.1. The Labute approximate surface area is 175 Å². The van der Waals surface area contributed by atoms with E-state index < -0.39 is 0 Å². The third kappa shape index (κ3) is 2.37. The second kappa shape index (κ2) is 6.36. The molecule has 30 heavy (non-hydrogen) atoms. The van der Waals surface area contributed by atoms with E-state index in [2.05, 4.69) is 120 Å². The second-order valence-corrected chi connectivity index (χ2v) is 8.02. The molecule has 0 aliphatic carbocycles. The van der Waals surface area contributed by atoms with Crippen LogP contribution in [0.3, 0.4) is 0 Å². The van der Waals surface area contributed by atoms with E-state index >= 15 is 0 Å². The molecule has 6 rings (SSSR count). The molecule has 2 nitrogen and oxygen atoms in total. The van der Waals surface area contributed by atoms with Gasteiger partial charge in [-0.15, -0.1) is 0 Å². The first-order valence-corrected chi connectivity index (χ1v) is 10.4. The Balaban J connectivity index is 1.85. The number of aromatic nitrogens is 2. The Hall–Kier alpha value is -3.78. The first-order chi connectivity index (χ1) is 14.7.